The second kappa shape index (κ2) is 40.8. The van der Waals surface area contributed by atoms with Gasteiger partial charge < -0.3 is 28.6 Å². The number of carboxylic acids is 1. The molecule has 2 unspecified atom stereocenters. The van der Waals surface area contributed by atoms with Crippen LogP contribution in [-0.4, -0.2) is 75.5 Å². The predicted octanol–water partition coefficient (Wildman–Crippen LogP) is 11.6. The molecule has 0 aliphatic heterocycles. The number of nitrogens with zero attached hydrogens (tertiary/aromatic N) is 1. The first-order valence-corrected chi connectivity index (χ1v) is 23.3. The lowest BCUT2D eigenvalue weighted by Gasteiger charge is -2.34. The second-order valence-electron chi connectivity index (χ2n) is 16.6. The van der Waals surface area contributed by atoms with Crippen LogP contribution in [0.15, 0.2) is 60.8 Å². The molecule has 8 heteroatoms. The molecule has 0 aliphatic carbocycles. The Morgan fingerprint density at radius 1 is 0.534 bits per heavy atom. The van der Waals surface area contributed by atoms with Gasteiger partial charge in [-0.1, -0.05) is 152 Å². The molecule has 0 aromatic heterocycles. The fourth-order valence-corrected chi connectivity index (χ4v) is 6.53. The third kappa shape index (κ3) is 38.5. The molecule has 2 atom stereocenters. The maximum Gasteiger partial charge on any atom is 0.306 e. The summed E-state index contributed by atoms with van der Waals surface area (Å²) in [7, 11) is 5.40. The maximum absolute atomic E-state index is 12.7. The van der Waals surface area contributed by atoms with Crippen LogP contribution in [0.4, 0.5) is 0 Å². The van der Waals surface area contributed by atoms with E-state index in [1.54, 1.807) is 21.1 Å². The van der Waals surface area contributed by atoms with E-state index in [1.807, 2.05) is 0 Å². The van der Waals surface area contributed by atoms with E-state index < -0.39 is 18.1 Å². The Morgan fingerprint density at radius 3 is 1.45 bits per heavy atom. The summed E-state index contributed by atoms with van der Waals surface area (Å²) < 4.78 is 17.2. The van der Waals surface area contributed by atoms with Crippen molar-refractivity contribution in [3.63, 3.8) is 0 Å². The number of quaternary nitrogens is 1. The highest BCUT2D eigenvalue weighted by Crippen LogP contribution is 2.13. The van der Waals surface area contributed by atoms with Crippen LogP contribution in [0.25, 0.3) is 0 Å². The van der Waals surface area contributed by atoms with Gasteiger partial charge in [0.05, 0.1) is 40.3 Å². The van der Waals surface area contributed by atoms with Gasteiger partial charge in [-0.3, -0.25) is 9.59 Å². The van der Waals surface area contributed by atoms with Crippen LogP contribution in [0.5, 0.6) is 0 Å². The van der Waals surface area contributed by atoms with E-state index in [2.05, 4.69) is 74.6 Å². The van der Waals surface area contributed by atoms with Gasteiger partial charge in [0.15, 0.2) is 6.10 Å². The first kappa shape index (κ1) is 55.0. The molecule has 0 aliphatic rings. The van der Waals surface area contributed by atoms with Crippen molar-refractivity contribution in [2.45, 2.75) is 199 Å². The number of hydrogen-bond donors (Lipinski definition) is 0. The van der Waals surface area contributed by atoms with E-state index in [-0.39, 0.29) is 42.7 Å². The van der Waals surface area contributed by atoms with Gasteiger partial charge in [-0.05, 0) is 77.0 Å². The summed E-state index contributed by atoms with van der Waals surface area (Å²) in [4.78, 5) is 36.9. The van der Waals surface area contributed by atoms with Crippen LogP contribution in [0.2, 0.25) is 0 Å². The fraction of sp³-hybridized carbons (Fsp3) is 0.740. The van der Waals surface area contributed by atoms with Crippen molar-refractivity contribution in [2.75, 3.05) is 41.0 Å². The van der Waals surface area contributed by atoms with Crippen molar-refractivity contribution in [1.82, 2.24) is 0 Å². The van der Waals surface area contributed by atoms with E-state index in [1.165, 1.54) is 64.2 Å². The van der Waals surface area contributed by atoms with E-state index in [0.717, 1.165) is 89.9 Å². The zero-order valence-electron chi connectivity index (χ0n) is 37.9. The van der Waals surface area contributed by atoms with Crippen LogP contribution < -0.4 is 5.11 Å². The number of likely N-dealkylation sites (N-methyl/N-ethyl adjacent to an activating group) is 1. The van der Waals surface area contributed by atoms with Crippen molar-refractivity contribution in [3.8, 4) is 0 Å². The van der Waals surface area contributed by atoms with E-state index in [0.29, 0.717) is 12.8 Å². The molecule has 0 rings (SSSR count). The molecule has 0 heterocycles. The Hall–Kier alpha value is -2.97. The number of carbonyl (C=O) groups excluding carboxylic acids is 3. The van der Waals surface area contributed by atoms with Gasteiger partial charge in [0.1, 0.15) is 12.6 Å². The molecule has 0 N–H and O–H groups in total. The average molecular weight is 814 g/mol. The first-order chi connectivity index (χ1) is 28.1. The molecular weight excluding hydrogens is 727 g/mol. The lowest BCUT2D eigenvalue weighted by Crippen LogP contribution is -2.55. The third-order valence-electron chi connectivity index (χ3n) is 10.1. The summed E-state index contributed by atoms with van der Waals surface area (Å²) in [5.74, 6) is -1.77. The molecule has 0 saturated heterocycles. The minimum absolute atomic E-state index is 0.0304. The number of aliphatic carboxylic acids is 1. The van der Waals surface area contributed by atoms with Gasteiger partial charge in [-0.2, -0.15) is 0 Å². The Bertz CT molecular complexity index is 1130. The number of unbranched alkanes of at least 4 members (excludes halogenated alkanes) is 17. The molecule has 0 amide bonds. The van der Waals surface area contributed by atoms with Crippen molar-refractivity contribution < 1.29 is 38.2 Å². The molecule has 0 radical (unpaired) electrons. The lowest BCUT2D eigenvalue weighted by atomic mass is 10.1. The van der Waals surface area contributed by atoms with Crippen molar-refractivity contribution >= 4 is 17.9 Å². The van der Waals surface area contributed by atoms with Gasteiger partial charge in [-0.25, -0.2) is 0 Å². The average Bonchev–Trinajstić information content (AvgIpc) is 3.18. The number of allylic oxidation sites excluding steroid dienone is 10. The highest BCUT2D eigenvalue weighted by atomic mass is 16.6. The monoisotopic (exact) mass is 814 g/mol. The molecule has 0 aromatic carbocycles. The van der Waals surface area contributed by atoms with Crippen molar-refractivity contribution in [1.29, 1.82) is 0 Å². The van der Waals surface area contributed by atoms with Crippen LogP contribution in [0.1, 0.15) is 187 Å². The Balaban J connectivity index is 4.36. The lowest BCUT2D eigenvalue weighted by molar-refractivity contribution is -0.889. The fourth-order valence-electron chi connectivity index (χ4n) is 6.53. The quantitative estimate of drug-likeness (QED) is 0.0262. The van der Waals surface area contributed by atoms with Crippen LogP contribution in [-0.2, 0) is 28.6 Å². The van der Waals surface area contributed by atoms with E-state index in [4.69, 9.17) is 14.2 Å². The van der Waals surface area contributed by atoms with Crippen LogP contribution in [0.3, 0.4) is 0 Å². The largest absolute Gasteiger partial charge is 0.544 e. The highest BCUT2D eigenvalue weighted by Gasteiger charge is 2.25. The summed E-state index contributed by atoms with van der Waals surface area (Å²) in [6.07, 6.45) is 49.5. The van der Waals surface area contributed by atoms with E-state index >= 15 is 0 Å². The first-order valence-electron chi connectivity index (χ1n) is 23.3. The number of carboxylic acid groups (broad SMARTS) is 1. The summed E-state index contributed by atoms with van der Waals surface area (Å²) in [6, 6.07) is -0.732. The normalized spacial score (nSPS) is 13.5. The van der Waals surface area contributed by atoms with Gasteiger partial charge in [-0.15, -0.1) is 0 Å². The van der Waals surface area contributed by atoms with Crippen LogP contribution >= 0.6 is 0 Å². The standard InChI is InChI=1S/C50H87NO7/c1-6-8-10-12-14-16-18-20-22-23-24-25-27-29-31-33-35-37-39-41-49(53)58-46(44-56-43-42-47(50(54)55)51(3,4)5)45-57-48(52)40-38-36-34-32-30-28-26-21-19-17-15-13-11-9-7-2/h8,10,14,16,20-22,24-26,46-47H,6-7,9,11-13,15,17-19,23,27-45H2,1-5H3/b10-8-,16-14-,22-20-,25-24-,26-21-. The highest BCUT2D eigenvalue weighted by molar-refractivity contribution is 5.70. The molecule has 0 fully saturated rings. The molecule has 334 valence electrons. The van der Waals surface area contributed by atoms with Gasteiger partial charge >= 0.3 is 11.9 Å². The molecule has 58 heavy (non-hydrogen) atoms. The minimum atomic E-state index is -1.13. The van der Waals surface area contributed by atoms with Crippen molar-refractivity contribution in [3.05, 3.63) is 60.8 Å². The Labute approximate surface area is 356 Å². The smallest absolute Gasteiger partial charge is 0.306 e. The molecule has 0 spiro atoms. The molecule has 0 bridgehead atoms. The van der Waals surface area contributed by atoms with Gasteiger partial charge in [0, 0.05) is 19.3 Å². The number of esters is 2. The molecular formula is C50H87NO7. The summed E-state index contributed by atoms with van der Waals surface area (Å²) in [5.41, 5.74) is 0. The Kier molecular flexibility index (Phi) is 38.7. The Morgan fingerprint density at radius 2 is 0.966 bits per heavy atom. The second-order valence-corrected chi connectivity index (χ2v) is 16.6. The van der Waals surface area contributed by atoms with Crippen LogP contribution in [0, 0.1) is 0 Å². The third-order valence-corrected chi connectivity index (χ3v) is 10.1. The predicted molar refractivity (Wildman–Crippen MR) is 240 cm³/mol. The SMILES string of the molecule is CC/C=C\C/C=C\C/C=C\C/C=C\CCCCCCCCC(=O)OC(COCCC(C(=O)[O-])[N+](C)(C)C)COC(=O)CCCCCCC/C=C\CCCCCCCC. The van der Waals surface area contributed by atoms with Crippen molar-refractivity contribution in [2.24, 2.45) is 0 Å². The zero-order chi connectivity index (χ0) is 42.8. The molecule has 0 aromatic rings. The zero-order valence-corrected chi connectivity index (χ0v) is 37.9. The van der Waals surface area contributed by atoms with E-state index in [9.17, 15) is 19.5 Å². The number of hydrogen-bond acceptors (Lipinski definition) is 7. The van der Waals surface area contributed by atoms with Gasteiger partial charge in [0.25, 0.3) is 0 Å². The summed E-state index contributed by atoms with van der Waals surface area (Å²) in [6.45, 7) is 4.52. The van der Waals surface area contributed by atoms with Gasteiger partial charge in [0.2, 0.25) is 0 Å². The molecule has 0 saturated carbocycles. The number of carbonyl (C=O) groups is 3. The topological polar surface area (TPSA) is 102 Å². The number of rotatable bonds is 41. The maximum atomic E-state index is 12.7. The summed E-state index contributed by atoms with van der Waals surface area (Å²) in [5, 5.41) is 11.6. The summed E-state index contributed by atoms with van der Waals surface area (Å²) >= 11 is 0. The minimum Gasteiger partial charge on any atom is -0.544 e. The molecule has 8 nitrogen and oxygen atoms in total. The number of ether oxygens (including phenoxy) is 3.